The van der Waals surface area contributed by atoms with Gasteiger partial charge < -0.3 is 4.90 Å². The van der Waals surface area contributed by atoms with Crippen molar-refractivity contribution in [2.75, 3.05) is 26.2 Å². The van der Waals surface area contributed by atoms with E-state index in [-0.39, 0.29) is 57.2 Å². The molecule has 0 aromatic heterocycles. The molecule has 15 heteroatoms. The normalized spacial score (nSPS) is 16.2. The van der Waals surface area contributed by atoms with E-state index in [2.05, 4.69) is 0 Å². The minimum Gasteiger partial charge on any atom is -0.340 e. The van der Waals surface area contributed by atoms with Crippen LogP contribution in [-0.4, -0.2) is 49.7 Å². The molecular formula is C22H19F9N2O3S. The van der Waals surface area contributed by atoms with E-state index >= 15 is 0 Å². The summed E-state index contributed by atoms with van der Waals surface area (Å²) in [6.07, 6.45) is -14.9. The highest BCUT2D eigenvalue weighted by atomic mass is 32.2. The Balaban J connectivity index is 1.66. The van der Waals surface area contributed by atoms with Crippen LogP contribution in [0.5, 0.6) is 0 Å². The van der Waals surface area contributed by atoms with Crippen molar-refractivity contribution in [1.82, 2.24) is 9.21 Å². The van der Waals surface area contributed by atoms with Crippen molar-refractivity contribution in [2.24, 2.45) is 0 Å². The zero-order valence-corrected chi connectivity index (χ0v) is 19.5. The van der Waals surface area contributed by atoms with Gasteiger partial charge in [0.05, 0.1) is 21.6 Å². The Morgan fingerprint density at radius 3 is 1.59 bits per heavy atom. The average Bonchev–Trinajstić information content (AvgIpc) is 2.81. The fourth-order valence-electron chi connectivity index (χ4n) is 3.67. The van der Waals surface area contributed by atoms with Crippen LogP contribution in [0.25, 0.3) is 0 Å². The number of carbonyl (C=O) groups is 1. The van der Waals surface area contributed by atoms with E-state index in [0.717, 1.165) is 12.1 Å². The number of aryl methyl sites for hydroxylation is 1. The van der Waals surface area contributed by atoms with Gasteiger partial charge in [-0.15, -0.1) is 0 Å². The highest BCUT2D eigenvalue weighted by molar-refractivity contribution is 7.89. The van der Waals surface area contributed by atoms with E-state index in [4.69, 9.17) is 0 Å². The minimum atomic E-state index is -5.22. The lowest BCUT2D eigenvalue weighted by Crippen LogP contribution is -2.50. The molecule has 5 nitrogen and oxygen atoms in total. The van der Waals surface area contributed by atoms with Gasteiger partial charge in [-0.3, -0.25) is 4.79 Å². The summed E-state index contributed by atoms with van der Waals surface area (Å²) in [5.41, 5.74) is -3.91. The summed E-state index contributed by atoms with van der Waals surface area (Å²) in [7, 11) is -4.74. The molecule has 1 amide bonds. The van der Waals surface area contributed by atoms with Crippen molar-refractivity contribution in [3.8, 4) is 0 Å². The maximum Gasteiger partial charge on any atom is 0.416 e. The number of piperazine rings is 1. The van der Waals surface area contributed by atoms with Gasteiger partial charge in [0.2, 0.25) is 15.9 Å². The smallest absolute Gasteiger partial charge is 0.340 e. The van der Waals surface area contributed by atoms with Gasteiger partial charge in [0.25, 0.3) is 0 Å². The predicted molar refractivity (Wildman–Crippen MR) is 112 cm³/mol. The molecule has 0 atom stereocenters. The molecule has 2 aromatic carbocycles. The van der Waals surface area contributed by atoms with Crippen LogP contribution < -0.4 is 0 Å². The van der Waals surface area contributed by atoms with Gasteiger partial charge >= 0.3 is 18.5 Å². The Bertz CT molecular complexity index is 1200. The zero-order valence-electron chi connectivity index (χ0n) is 18.7. The van der Waals surface area contributed by atoms with Gasteiger partial charge in [0.15, 0.2) is 0 Å². The van der Waals surface area contributed by atoms with Gasteiger partial charge in [0.1, 0.15) is 0 Å². The molecule has 1 saturated heterocycles. The van der Waals surface area contributed by atoms with Crippen LogP contribution >= 0.6 is 0 Å². The number of hydrogen-bond donors (Lipinski definition) is 0. The quantitative estimate of drug-likeness (QED) is 0.471. The molecule has 0 saturated carbocycles. The molecule has 0 bridgehead atoms. The second-order valence-corrected chi connectivity index (χ2v) is 10.2. The third-order valence-electron chi connectivity index (χ3n) is 5.70. The standard InChI is InChI=1S/C22H19F9N2O3S/c23-20(24,25)15-4-1-14(2-5-15)3-6-19(34)32-7-9-33(10-8-32)37(35,36)18-12-16(21(26,27)28)11-17(13-18)22(29,30)31/h1-2,4-5,11-13H,3,6-10H2. The number of amides is 1. The van der Waals surface area contributed by atoms with Gasteiger partial charge in [-0.1, -0.05) is 12.1 Å². The molecule has 37 heavy (non-hydrogen) atoms. The SMILES string of the molecule is O=C(CCc1ccc(C(F)(F)F)cc1)N1CCN(S(=O)(=O)c2cc(C(F)(F)F)cc(C(F)(F)F)c2)CC1. The van der Waals surface area contributed by atoms with Crippen LogP contribution in [-0.2, 0) is 39.8 Å². The number of halogens is 9. The van der Waals surface area contributed by atoms with Crippen molar-refractivity contribution < 1.29 is 52.7 Å². The summed E-state index contributed by atoms with van der Waals surface area (Å²) in [6, 6.07) is 4.29. The van der Waals surface area contributed by atoms with Crippen molar-refractivity contribution in [3.05, 3.63) is 64.7 Å². The summed E-state index contributed by atoms with van der Waals surface area (Å²) >= 11 is 0. The third kappa shape index (κ3) is 6.94. The highest BCUT2D eigenvalue weighted by Gasteiger charge is 2.40. The maximum atomic E-state index is 13.1. The van der Waals surface area contributed by atoms with Gasteiger partial charge in [-0.05, 0) is 42.3 Å². The first-order valence-corrected chi connectivity index (χ1v) is 12.1. The number of nitrogens with zero attached hydrogens (tertiary/aromatic N) is 2. The first-order valence-electron chi connectivity index (χ1n) is 10.6. The lowest BCUT2D eigenvalue weighted by Gasteiger charge is -2.34. The third-order valence-corrected chi connectivity index (χ3v) is 7.58. The molecule has 204 valence electrons. The van der Waals surface area contributed by atoms with Crippen LogP contribution in [0.2, 0.25) is 0 Å². The highest BCUT2D eigenvalue weighted by Crippen LogP contribution is 2.38. The zero-order chi connectivity index (χ0) is 27.8. The molecule has 2 aromatic rings. The summed E-state index contributed by atoms with van der Waals surface area (Å²) in [5, 5.41) is 0. The molecule has 0 radical (unpaired) electrons. The van der Waals surface area contributed by atoms with Crippen molar-refractivity contribution in [1.29, 1.82) is 0 Å². The molecule has 1 heterocycles. The summed E-state index contributed by atoms with van der Waals surface area (Å²) < 4.78 is 143. The fourth-order valence-corrected chi connectivity index (χ4v) is 5.17. The molecule has 1 fully saturated rings. The Morgan fingerprint density at radius 2 is 1.16 bits per heavy atom. The molecule has 3 rings (SSSR count). The Kier molecular flexibility index (Phi) is 7.89. The van der Waals surface area contributed by atoms with Crippen molar-refractivity contribution >= 4 is 15.9 Å². The predicted octanol–water partition coefficient (Wildman–Crippen LogP) is 5.21. The number of carbonyl (C=O) groups excluding carboxylic acids is 1. The maximum absolute atomic E-state index is 13.1. The van der Waals surface area contributed by atoms with Crippen LogP contribution in [0, 0.1) is 0 Å². The van der Waals surface area contributed by atoms with E-state index in [9.17, 15) is 52.7 Å². The van der Waals surface area contributed by atoms with Crippen LogP contribution in [0.3, 0.4) is 0 Å². The molecule has 0 N–H and O–H groups in total. The number of benzene rings is 2. The van der Waals surface area contributed by atoms with Crippen LogP contribution in [0.4, 0.5) is 39.5 Å². The van der Waals surface area contributed by atoms with E-state index in [1.54, 1.807) is 0 Å². The first kappa shape index (κ1) is 28.8. The lowest BCUT2D eigenvalue weighted by molar-refractivity contribution is -0.143. The van der Waals surface area contributed by atoms with E-state index in [1.165, 1.54) is 17.0 Å². The van der Waals surface area contributed by atoms with Crippen LogP contribution in [0.15, 0.2) is 47.4 Å². The second-order valence-electron chi connectivity index (χ2n) is 8.22. The lowest BCUT2D eigenvalue weighted by atomic mass is 10.1. The number of alkyl halides is 9. The van der Waals surface area contributed by atoms with Crippen molar-refractivity contribution in [3.63, 3.8) is 0 Å². The first-order chi connectivity index (χ1) is 16.9. The number of hydrogen-bond acceptors (Lipinski definition) is 3. The monoisotopic (exact) mass is 562 g/mol. The Labute approximate surface area is 205 Å². The van der Waals surface area contributed by atoms with Gasteiger partial charge in [-0.25, -0.2) is 8.42 Å². The number of rotatable bonds is 5. The summed E-state index contributed by atoms with van der Waals surface area (Å²) in [5.74, 6) is -0.435. The average molecular weight is 562 g/mol. The van der Waals surface area contributed by atoms with Gasteiger partial charge in [-0.2, -0.15) is 43.8 Å². The largest absolute Gasteiger partial charge is 0.416 e. The molecule has 0 unspecified atom stereocenters. The molecular weight excluding hydrogens is 543 g/mol. The Hall–Kier alpha value is -2.81. The molecule has 1 aliphatic heterocycles. The second kappa shape index (κ2) is 10.2. The van der Waals surface area contributed by atoms with Crippen LogP contribution in [0.1, 0.15) is 28.7 Å². The topological polar surface area (TPSA) is 57.7 Å². The van der Waals surface area contributed by atoms with E-state index in [0.29, 0.717) is 9.87 Å². The molecule has 0 spiro atoms. The van der Waals surface area contributed by atoms with E-state index in [1.807, 2.05) is 0 Å². The van der Waals surface area contributed by atoms with Gasteiger partial charge in [0, 0.05) is 32.6 Å². The Morgan fingerprint density at radius 1 is 0.703 bits per heavy atom. The van der Waals surface area contributed by atoms with Crippen molar-refractivity contribution in [2.45, 2.75) is 36.3 Å². The summed E-state index contributed by atoms with van der Waals surface area (Å²) in [6.45, 7) is -1.08. The summed E-state index contributed by atoms with van der Waals surface area (Å²) in [4.78, 5) is 12.6. The molecule has 1 aliphatic rings. The molecule has 0 aliphatic carbocycles. The number of sulfonamides is 1. The minimum absolute atomic E-state index is 0.0965. The fraction of sp³-hybridized carbons (Fsp3) is 0.409. The van der Waals surface area contributed by atoms with E-state index < -0.39 is 56.0 Å².